The summed E-state index contributed by atoms with van der Waals surface area (Å²) >= 11 is 3.38. The molecule has 1 aliphatic heterocycles. The Morgan fingerprint density at radius 3 is 2.34 bits per heavy atom. The van der Waals surface area contributed by atoms with Crippen LogP contribution in [0.25, 0.3) is 0 Å². The molecule has 0 radical (unpaired) electrons. The molecule has 0 bridgehead atoms. The van der Waals surface area contributed by atoms with Gasteiger partial charge in [-0.05, 0) is 52.9 Å². The van der Waals surface area contributed by atoms with Crippen molar-refractivity contribution in [3.05, 3.63) is 40.4 Å². The van der Waals surface area contributed by atoms with Crippen LogP contribution in [-0.4, -0.2) is 35.1 Å². The zero-order valence-electron chi connectivity index (χ0n) is 16.1. The van der Waals surface area contributed by atoms with Crippen LogP contribution >= 0.6 is 15.9 Å². The van der Waals surface area contributed by atoms with E-state index in [1.54, 1.807) is 35.2 Å². The molecule has 2 aromatic rings. The summed E-state index contributed by atoms with van der Waals surface area (Å²) in [6, 6.07) is 8.17. The average Bonchev–Trinajstić information content (AvgIpc) is 3.46. The number of amides is 1. The van der Waals surface area contributed by atoms with Gasteiger partial charge in [-0.2, -0.15) is 0 Å². The van der Waals surface area contributed by atoms with E-state index in [9.17, 15) is 13.2 Å². The minimum Gasteiger partial charge on any atom is -0.497 e. The molecular formula is C20H21BrN2O5S. The number of ether oxygens (including phenoxy) is 2. The smallest absolute Gasteiger partial charge is 0.263 e. The number of rotatable bonds is 6. The van der Waals surface area contributed by atoms with E-state index in [-0.39, 0.29) is 16.7 Å². The Labute approximate surface area is 178 Å². The lowest BCUT2D eigenvalue weighted by Gasteiger charge is -2.19. The Balaban J connectivity index is 1.69. The number of hydrogen-bond acceptors (Lipinski definition) is 5. The summed E-state index contributed by atoms with van der Waals surface area (Å²) in [5.74, 6) is 1.10. The van der Waals surface area contributed by atoms with Crippen molar-refractivity contribution < 1.29 is 22.7 Å². The summed E-state index contributed by atoms with van der Waals surface area (Å²) < 4.78 is 39.7. The maximum atomic E-state index is 13.1. The lowest BCUT2D eigenvalue weighted by atomic mass is 10.2. The van der Waals surface area contributed by atoms with Gasteiger partial charge in [0.05, 0.1) is 19.9 Å². The Hall–Kier alpha value is -2.26. The highest BCUT2D eigenvalue weighted by atomic mass is 79.9. The molecule has 0 unspecified atom stereocenters. The van der Waals surface area contributed by atoms with Crippen molar-refractivity contribution >= 4 is 43.2 Å². The Kier molecular flexibility index (Phi) is 5.20. The van der Waals surface area contributed by atoms with Gasteiger partial charge in [0.25, 0.3) is 10.0 Å². The van der Waals surface area contributed by atoms with Gasteiger partial charge in [-0.1, -0.05) is 0 Å². The fourth-order valence-corrected chi connectivity index (χ4v) is 5.60. The van der Waals surface area contributed by atoms with E-state index in [1.807, 2.05) is 0 Å². The van der Waals surface area contributed by atoms with Gasteiger partial charge in [0, 0.05) is 40.8 Å². The fraction of sp³-hybridized carbons (Fsp3) is 0.350. The van der Waals surface area contributed by atoms with Crippen LogP contribution in [0.15, 0.2) is 39.7 Å². The highest BCUT2D eigenvalue weighted by molar-refractivity contribution is 9.10. The molecule has 29 heavy (non-hydrogen) atoms. The van der Waals surface area contributed by atoms with E-state index < -0.39 is 10.0 Å². The molecule has 154 valence electrons. The molecule has 1 heterocycles. The number of hydrogen-bond donors (Lipinski definition) is 1. The molecule has 1 fully saturated rings. The Morgan fingerprint density at radius 2 is 1.76 bits per heavy atom. The predicted molar refractivity (Wildman–Crippen MR) is 113 cm³/mol. The van der Waals surface area contributed by atoms with Crippen molar-refractivity contribution in [2.24, 2.45) is 5.92 Å². The molecule has 9 heteroatoms. The van der Waals surface area contributed by atoms with Crippen molar-refractivity contribution in [3.63, 3.8) is 0 Å². The van der Waals surface area contributed by atoms with Gasteiger partial charge in [-0.15, -0.1) is 0 Å². The quantitative estimate of drug-likeness (QED) is 0.682. The first kappa shape index (κ1) is 20.0. The standard InChI is InChI=1S/C20H21BrN2O5S/c1-27-15-8-14(9-16(10-15)28-2)22-29(25,26)19-11-18-13(7-17(19)21)5-6-23(18)20(24)12-3-4-12/h7-12,22H,3-6H2,1-2H3. The third kappa shape index (κ3) is 3.93. The summed E-state index contributed by atoms with van der Waals surface area (Å²) in [5.41, 5.74) is 1.96. The molecule has 0 aromatic heterocycles. The predicted octanol–water partition coefficient (Wildman–Crippen LogP) is 3.57. The average molecular weight is 481 g/mol. The van der Waals surface area contributed by atoms with Gasteiger partial charge >= 0.3 is 0 Å². The van der Waals surface area contributed by atoms with E-state index >= 15 is 0 Å². The van der Waals surface area contributed by atoms with Crippen LogP contribution < -0.4 is 19.1 Å². The van der Waals surface area contributed by atoms with E-state index in [0.29, 0.717) is 40.3 Å². The molecule has 0 atom stereocenters. The normalized spacial score (nSPS) is 15.8. The lowest BCUT2D eigenvalue weighted by Crippen LogP contribution is -2.30. The molecule has 1 N–H and O–H groups in total. The largest absolute Gasteiger partial charge is 0.497 e. The van der Waals surface area contributed by atoms with Crippen molar-refractivity contribution in [1.29, 1.82) is 0 Å². The van der Waals surface area contributed by atoms with Crippen LogP contribution in [0.3, 0.4) is 0 Å². The number of halogens is 1. The van der Waals surface area contributed by atoms with Gasteiger partial charge < -0.3 is 14.4 Å². The summed E-state index contributed by atoms with van der Waals surface area (Å²) in [7, 11) is -0.924. The molecule has 1 amide bonds. The van der Waals surface area contributed by atoms with Crippen LogP contribution in [0.4, 0.5) is 11.4 Å². The van der Waals surface area contributed by atoms with Gasteiger partial charge in [0.15, 0.2) is 0 Å². The number of methoxy groups -OCH3 is 2. The van der Waals surface area contributed by atoms with Gasteiger partial charge in [0.2, 0.25) is 5.91 Å². The summed E-state index contributed by atoms with van der Waals surface area (Å²) in [6.45, 7) is 0.584. The molecule has 2 aliphatic rings. The highest BCUT2D eigenvalue weighted by Gasteiger charge is 2.37. The minimum atomic E-state index is -3.92. The summed E-state index contributed by atoms with van der Waals surface area (Å²) in [4.78, 5) is 14.4. The second-order valence-corrected chi connectivity index (χ2v) is 9.64. The van der Waals surface area contributed by atoms with Crippen LogP contribution in [0, 0.1) is 5.92 Å². The third-order valence-corrected chi connectivity index (χ3v) is 7.45. The maximum Gasteiger partial charge on any atom is 0.263 e. The van der Waals surface area contributed by atoms with E-state index in [1.165, 1.54) is 14.2 Å². The fourth-order valence-electron chi connectivity index (χ4n) is 3.45. The van der Waals surface area contributed by atoms with Crippen molar-refractivity contribution in [2.75, 3.05) is 30.4 Å². The second-order valence-electron chi connectivity index (χ2n) is 7.13. The molecule has 7 nitrogen and oxygen atoms in total. The molecule has 2 aromatic carbocycles. The number of anilines is 2. The number of nitrogens with zero attached hydrogens (tertiary/aromatic N) is 1. The molecule has 1 aliphatic carbocycles. The van der Waals surface area contributed by atoms with Crippen molar-refractivity contribution in [1.82, 2.24) is 0 Å². The molecular weight excluding hydrogens is 460 g/mol. The van der Waals surface area contributed by atoms with Crippen molar-refractivity contribution in [3.8, 4) is 11.5 Å². The first-order chi connectivity index (χ1) is 13.8. The molecule has 0 saturated heterocycles. The molecule has 0 spiro atoms. The van der Waals surface area contributed by atoms with Crippen LogP contribution in [-0.2, 0) is 21.2 Å². The number of fused-ring (bicyclic) bond motifs is 1. The number of benzene rings is 2. The zero-order chi connectivity index (χ0) is 20.8. The number of carbonyl (C=O) groups is 1. The van der Waals surface area contributed by atoms with E-state index in [0.717, 1.165) is 18.4 Å². The zero-order valence-corrected chi connectivity index (χ0v) is 18.5. The van der Waals surface area contributed by atoms with Gasteiger partial charge in [0.1, 0.15) is 16.4 Å². The van der Waals surface area contributed by atoms with Gasteiger partial charge in [-0.3, -0.25) is 9.52 Å². The monoisotopic (exact) mass is 480 g/mol. The van der Waals surface area contributed by atoms with E-state index in [4.69, 9.17) is 9.47 Å². The minimum absolute atomic E-state index is 0.0760. The Bertz CT molecular complexity index is 1060. The summed E-state index contributed by atoms with van der Waals surface area (Å²) in [5, 5.41) is 0. The van der Waals surface area contributed by atoms with Crippen LogP contribution in [0.2, 0.25) is 0 Å². The topological polar surface area (TPSA) is 84.9 Å². The SMILES string of the molecule is COc1cc(NS(=O)(=O)c2cc3c(cc2Br)CCN3C(=O)C2CC2)cc(OC)c1. The maximum absolute atomic E-state index is 13.1. The summed E-state index contributed by atoms with van der Waals surface area (Å²) in [6.07, 6.45) is 2.53. The number of nitrogens with one attached hydrogen (secondary N) is 1. The second kappa shape index (κ2) is 7.53. The van der Waals surface area contributed by atoms with Crippen molar-refractivity contribution in [2.45, 2.75) is 24.2 Å². The first-order valence-corrected chi connectivity index (χ1v) is 11.5. The Morgan fingerprint density at radius 1 is 1.10 bits per heavy atom. The highest BCUT2D eigenvalue weighted by Crippen LogP contribution is 2.40. The van der Waals surface area contributed by atoms with Gasteiger partial charge in [-0.25, -0.2) is 8.42 Å². The van der Waals surface area contributed by atoms with Crippen LogP contribution in [0.1, 0.15) is 18.4 Å². The lowest BCUT2D eigenvalue weighted by molar-refractivity contribution is -0.119. The number of sulfonamides is 1. The van der Waals surface area contributed by atoms with E-state index in [2.05, 4.69) is 20.7 Å². The molecule has 1 saturated carbocycles. The van der Waals surface area contributed by atoms with Crippen LogP contribution in [0.5, 0.6) is 11.5 Å². The first-order valence-electron chi connectivity index (χ1n) is 9.22. The number of carbonyl (C=O) groups excluding carboxylic acids is 1. The third-order valence-electron chi connectivity index (χ3n) is 5.11. The molecule has 4 rings (SSSR count).